The molecular formula is C25H24BrClN2O5. The summed E-state index contributed by atoms with van der Waals surface area (Å²) >= 11 is 9.72. The predicted molar refractivity (Wildman–Crippen MR) is 136 cm³/mol. The molecule has 3 aromatic carbocycles. The Morgan fingerprint density at radius 2 is 1.79 bits per heavy atom. The van der Waals surface area contributed by atoms with Crippen LogP contribution in [0.4, 0.5) is 0 Å². The van der Waals surface area contributed by atoms with Crippen molar-refractivity contribution in [1.29, 1.82) is 0 Å². The van der Waals surface area contributed by atoms with Crippen molar-refractivity contribution in [2.24, 2.45) is 5.10 Å². The molecule has 0 fully saturated rings. The van der Waals surface area contributed by atoms with Crippen LogP contribution in [0.5, 0.6) is 23.0 Å². The van der Waals surface area contributed by atoms with Gasteiger partial charge in [0, 0.05) is 16.1 Å². The fraction of sp³-hybridized carbons (Fsp3) is 0.200. The van der Waals surface area contributed by atoms with Crippen LogP contribution in [0.3, 0.4) is 0 Å². The molecule has 0 aromatic heterocycles. The van der Waals surface area contributed by atoms with Crippen LogP contribution in [-0.4, -0.2) is 32.9 Å². The SMILES string of the molecule is CCOc1cc(C(=O)N/N=C/c2cc(Br)c(OCc3ccccc3Cl)c(OC)c2)ccc1OC. The second-order valence-electron chi connectivity index (χ2n) is 6.91. The van der Waals surface area contributed by atoms with Gasteiger partial charge < -0.3 is 18.9 Å². The van der Waals surface area contributed by atoms with Gasteiger partial charge in [-0.05, 0) is 64.8 Å². The number of nitrogens with one attached hydrogen (secondary N) is 1. The third-order valence-electron chi connectivity index (χ3n) is 4.69. The van der Waals surface area contributed by atoms with Gasteiger partial charge in [-0.3, -0.25) is 4.79 Å². The molecule has 1 N–H and O–H groups in total. The molecule has 0 atom stereocenters. The minimum Gasteiger partial charge on any atom is -0.493 e. The molecule has 0 aliphatic heterocycles. The summed E-state index contributed by atoms with van der Waals surface area (Å²) in [5, 5.41) is 4.68. The molecule has 0 spiro atoms. The topological polar surface area (TPSA) is 78.4 Å². The first-order valence-corrected chi connectivity index (χ1v) is 11.5. The number of ether oxygens (including phenoxy) is 4. The second-order valence-corrected chi connectivity index (χ2v) is 8.17. The maximum absolute atomic E-state index is 12.5. The van der Waals surface area contributed by atoms with Crippen molar-refractivity contribution < 1.29 is 23.7 Å². The van der Waals surface area contributed by atoms with Crippen LogP contribution in [-0.2, 0) is 6.61 Å². The van der Waals surface area contributed by atoms with Crippen molar-refractivity contribution in [2.75, 3.05) is 20.8 Å². The van der Waals surface area contributed by atoms with Gasteiger partial charge >= 0.3 is 0 Å². The molecule has 0 heterocycles. The minimum absolute atomic E-state index is 0.281. The lowest BCUT2D eigenvalue weighted by molar-refractivity contribution is 0.0954. The van der Waals surface area contributed by atoms with E-state index in [9.17, 15) is 4.79 Å². The molecule has 0 aliphatic rings. The van der Waals surface area contributed by atoms with Gasteiger partial charge in [0.05, 0.1) is 31.5 Å². The summed E-state index contributed by atoms with van der Waals surface area (Å²) in [5.41, 5.74) is 4.46. The van der Waals surface area contributed by atoms with Gasteiger partial charge in [-0.15, -0.1) is 0 Å². The molecule has 7 nitrogen and oxygen atoms in total. The van der Waals surface area contributed by atoms with Crippen LogP contribution in [0.2, 0.25) is 5.02 Å². The zero-order chi connectivity index (χ0) is 24.5. The summed E-state index contributed by atoms with van der Waals surface area (Å²) in [5.74, 6) is 1.69. The highest BCUT2D eigenvalue weighted by Gasteiger charge is 2.13. The zero-order valence-electron chi connectivity index (χ0n) is 18.9. The molecule has 3 rings (SSSR count). The number of methoxy groups -OCH3 is 2. The highest BCUT2D eigenvalue weighted by molar-refractivity contribution is 9.10. The Morgan fingerprint density at radius 3 is 2.50 bits per heavy atom. The van der Waals surface area contributed by atoms with Crippen molar-refractivity contribution in [2.45, 2.75) is 13.5 Å². The lowest BCUT2D eigenvalue weighted by atomic mass is 10.2. The van der Waals surface area contributed by atoms with Crippen LogP contribution in [0.25, 0.3) is 0 Å². The van der Waals surface area contributed by atoms with Crippen molar-refractivity contribution >= 4 is 39.7 Å². The molecular weight excluding hydrogens is 524 g/mol. The third-order valence-corrected chi connectivity index (χ3v) is 5.64. The van der Waals surface area contributed by atoms with Gasteiger partial charge in [0.15, 0.2) is 23.0 Å². The number of carbonyl (C=O) groups is 1. The van der Waals surface area contributed by atoms with Gasteiger partial charge in [-0.1, -0.05) is 29.8 Å². The molecule has 1 amide bonds. The van der Waals surface area contributed by atoms with Crippen molar-refractivity contribution in [3.05, 3.63) is 80.8 Å². The maximum atomic E-state index is 12.5. The standard InChI is InChI=1S/C25H24BrClN2O5/c1-4-33-22-13-17(9-10-21(22)31-2)25(30)29-28-14-16-11-19(26)24(23(12-16)32-3)34-15-18-7-5-6-8-20(18)27/h5-14H,4,15H2,1-3H3,(H,29,30)/b28-14+. The highest BCUT2D eigenvalue weighted by atomic mass is 79.9. The Balaban J connectivity index is 1.70. The van der Waals surface area contributed by atoms with E-state index in [1.165, 1.54) is 6.21 Å². The van der Waals surface area contributed by atoms with Gasteiger partial charge in [-0.2, -0.15) is 5.10 Å². The summed E-state index contributed by atoms with van der Waals surface area (Å²) in [7, 11) is 3.09. The molecule has 0 unspecified atom stereocenters. The number of hydrogen-bond donors (Lipinski definition) is 1. The van der Waals surface area contributed by atoms with E-state index in [1.54, 1.807) is 44.6 Å². The van der Waals surface area contributed by atoms with E-state index >= 15 is 0 Å². The number of halogens is 2. The molecule has 9 heteroatoms. The van der Waals surface area contributed by atoms with Crippen LogP contribution in [0.15, 0.2) is 64.2 Å². The first-order chi connectivity index (χ1) is 16.5. The van der Waals surface area contributed by atoms with Crippen molar-refractivity contribution in [3.8, 4) is 23.0 Å². The number of benzene rings is 3. The lowest BCUT2D eigenvalue weighted by Gasteiger charge is -2.14. The smallest absolute Gasteiger partial charge is 0.271 e. The lowest BCUT2D eigenvalue weighted by Crippen LogP contribution is -2.17. The van der Waals surface area contributed by atoms with E-state index in [4.69, 9.17) is 30.5 Å². The molecule has 0 aliphatic carbocycles. The average Bonchev–Trinajstić information content (AvgIpc) is 2.84. The van der Waals surface area contributed by atoms with E-state index in [0.717, 1.165) is 5.56 Å². The largest absolute Gasteiger partial charge is 0.493 e. The highest BCUT2D eigenvalue weighted by Crippen LogP contribution is 2.37. The monoisotopic (exact) mass is 546 g/mol. The predicted octanol–water partition coefficient (Wildman–Crippen LogP) is 5.86. The van der Waals surface area contributed by atoms with E-state index in [-0.39, 0.29) is 12.5 Å². The summed E-state index contributed by atoms with van der Waals surface area (Å²) in [6, 6.07) is 15.9. The van der Waals surface area contributed by atoms with E-state index in [2.05, 4.69) is 26.5 Å². The van der Waals surface area contributed by atoms with E-state index < -0.39 is 0 Å². The fourth-order valence-corrected chi connectivity index (χ4v) is 3.80. The molecule has 3 aromatic rings. The van der Waals surface area contributed by atoms with Crippen molar-refractivity contribution in [3.63, 3.8) is 0 Å². The summed E-state index contributed by atoms with van der Waals surface area (Å²) < 4.78 is 22.8. The Bertz CT molecular complexity index is 1190. The number of carbonyl (C=O) groups excluding carboxylic acids is 1. The van der Waals surface area contributed by atoms with Gasteiger partial charge in [0.2, 0.25) is 0 Å². The summed E-state index contributed by atoms with van der Waals surface area (Å²) in [6.07, 6.45) is 1.51. The third kappa shape index (κ3) is 6.42. The van der Waals surface area contributed by atoms with Crippen LogP contribution in [0.1, 0.15) is 28.4 Å². The van der Waals surface area contributed by atoms with Crippen LogP contribution >= 0.6 is 27.5 Å². The molecule has 178 valence electrons. The summed E-state index contributed by atoms with van der Waals surface area (Å²) in [6.45, 7) is 2.59. The fourth-order valence-electron chi connectivity index (χ4n) is 3.04. The Hall–Kier alpha value is -3.23. The van der Waals surface area contributed by atoms with Gasteiger partial charge in [-0.25, -0.2) is 5.43 Å². The first-order valence-electron chi connectivity index (χ1n) is 10.3. The quantitative estimate of drug-likeness (QED) is 0.254. The second kappa shape index (κ2) is 12.3. The summed E-state index contributed by atoms with van der Waals surface area (Å²) in [4.78, 5) is 12.5. The molecule has 0 bridgehead atoms. The molecule has 0 saturated heterocycles. The van der Waals surface area contributed by atoms with Crippen molar-refractivity contribution in [1.82, 2.24) is 5.43 Å². The molecule has 0 saturated carbocycles. The number of amides is 1. The van der Waals surface area contributed by atoms with Gasteiger partial charge in [0.25, 0.3) is 5.91 Å². The van der Waals surface area contributed by atoms with Crippen LogP contribution < -0.4 is 24.4 Å². The maximum Gasteiger partial charge on any atom is 0.271 e. The number of nitrogens with zero attached hydrogens (tertiary/aromatic N) is 1. The first kappa shape index (κ1) is 25.4. The molecule has 34 heavy (non-hydrogen) atoms. The zero-order valence-corrected chi connectivity index (χ0v) is 21.3. The number of hydrogen-bond acceptors (Lipinski definition) is 6. The number of hydrazone groups is 1. The normalized spacial score (nSPS) is 10.7. The Morgan fingerprint density at radius 1 is 1.03 bits per heavy atom. The minimum atomic E-state index is -0.384. The van der Waals surface area contributed by atoms with Crippen LogP contribution in [0, 0.1) is 0 Å². The number of rotatable bonds is 10. The average molecular weight is 548 g/mol. The van der Waals surface area contributed by atoms with Gasteiger partial charge in [0.1, 0.15) is 6.61 Å². The Kier molecular flexibility index (Phi) is 9.18. The van der Waals surface area contributed by atoms with E-state index in [1.807, 2.05) is 31.2 Å². The van der Waals surface area contributed by atoms with E-state index in [0.29, 0.717) is 50.2 Å². The molecule has 0 radical (unpaired) electrons. The Labute approximate surface area is 211 Å².